The highest BCUT2D eigenvalue weighted by Crippen LogP contribution is 2.29. The fourth-order valence-electron chi connectivity index (χ4n) is 1.38. The lowest BCUT2D eigenvalue weighted by Gasteiger charge is -2.19. The van der Waals surface area contributed by atoms with Crippen LogP contribution in [0.2, 0.25) is 0 Å². The number of carbonyl (C=O) groups excluding carboxylic acids is 1. The molecule has 2 unspecified atom stereocenters. The minimum atomic E-state index is -4.39. The maximum absolute atomic E-state index is 12.4. The molecule has 0 fully saturated rings. The minimum absolute atomic E-state index is 0.0834. The zero-order chi connectivity index (χ0) is 14.6. The number of amides is 1. The second-order valence-corrected chi connectivity index (χ2v) is 4.78. The summed E-state index contributed by atoms with van der Waals surface area (Å²) in [5.41, 5.74) is -0.576. The quantitative estimate of drug-likeness (QED) is 0.843. The second-order valence-electron chi connectivity index (χ2n) is 4.47. The number of hydrogen-bond donors (Lipinski definition) is 1. The third-order valence-corrected chi connectivity index (χ3v) is 3.42. The van der Waals surface area contributed by atoms with Gasteiger partial charge in [-0.25, -0.2) is 0 Å². The van der Waals surface area contributed by atoms with Crippen molar-refractivity contribution >= 4 is 17.5 Å². The highest BCUT2D eigenvalue weighted by Gasteiger charge is 2.30. The Bertz CT molecular complexity index is 431. The normalized spacial score (nSPS) is 14.8. The van der Waals surface area contributed by atoms with Gasteiger partial charge in [0, 0.05) is 17.5 Å². The van der Waals surface area contributed by atoms with Crippen molar-refractivity contribution in [1.82, 2.24) is 5.32 Å². The summed E-state index contributed by atoms with van der Waals surface area (Å²) >= 11 is 5.67. The molecule has 1 aromatic carbocycles. The molecule has 6 heteroatoms. The SMILES string of the molecule is CC(CCl)C(C)NC(=O)c1ccc(C(F)(F)F)cc1. The van der Waals surface area contributed by atoms with E-state index in [9.17, 15) is 18.0 Å². The van der Waals surface area contributed by atoms with E-state index in [2.05, 4.69) is 5.32 Å². The zero-order valence-electron chi connectivity index (χ0n) is 10.6. The van der Waals surface area contributed by atoms with Crippen molar-refractivity contribution in [3.63, 3.8) is 0 Å². The zero-order valence-corrected chi connectivity index (χ0v) is 11.3. The van der Waals surface area contributed by atoms with Gasteiger partial charge in [-0.1, -0.05) is 6.92 Å². The summed E-state index contributed by atoms with van der Waals surface area (Å²) in [4.78, 5) is 11.8. The van der Waals surface area contributed by atoms with Gasteiger partial charge in [0.2, 0.25) is 0 Å². The topological polar surface area (TPSA) is 29.1 Å². The van der Waals surface area contributed by atoms with Gasteiger partial charge in [-0.05, 0) is 37.1 Å². The van der Waals surface area contributed by atoms with E-state index in [0.29, 0.717) is 5.88 Å². The Labute approximate surface area is 114 Å². The summed E-state index contributed by atoms with van der Waals surface area (Å²) in [6, 6.07) is 3.97. The molecule has 1 N–H and O–H groups in total. The Morgan fingerprint density at radius 1 is 1.26 bits per heavy atom. The number of carbonyl (C=O) groups is 1. The molecule has 1 rings (SSSR count). The lowest BCUT2D eigenvalue weighted by atomic mass is 10.1. The molecule has 0 aliphatic carbocycles. The van der Waals surface area contributed by atoms with Crippen LogP contribution < -0.4 is 5.32 Å². The molecule has 1 amide bonds. The van der Waals surface area contributed by atoms with Gasteiger partial charge >= 0.3 is 6.18 Å². The first-order chi connectivity index (χ1) is 8.75. The minimum Gasteiger partial charge on any atom is -0.349 e. The van der Waals surface area contributed by atoms with Crippen LogP contribution in [0.3, 0.4) is 0 Å². The maximum atomic E-state index is 12.4. The number of hydrogen-bond acceptors (Lipinski definition) is 1. The van der Waals surface area contributed by atoms with Gasteiger partial charge in [-0.2, -0.15) is 13.2 Å². The van der Waals surface area contributed by atoms with Crippen molar-refractivity contribution in [2.75, 3.05) is 5.88 Å². The van der Waals surface area contributed by atoms with Crippen LogP contribution in [0.5, 0.6) is 0 Å². The second kappa shape index (κ2) is 6.28. The molecule has 0 radical (unpaired) electrons. The fraction of sp³-hybridized carbons (Fsp3) is 0.462. The lowest BCUT2D eigenvalue weighted by Crippen LogP contribution is -2.37. The molecule has 0 saturated carbocycles. The first kappa shape index (κ1) is 15.8. The molecule has 1 aromatic rings. The molecule has 2 atom stereocenters. The summed E-state index contributed by atoms with van der Waals surface area (Å²) in [5.74, 6) is 0.0762. The van der Waals surface area contributed by atoms with E-state index >= 15 is 0 Å². The number of halogens is 4. The molecular formula is C13H15ClF3NO. The van der Waals surface area contributed by atoms with Crippen LogP contribution >= 0.6 is 11.6 Å². The van der Waals surface area contributed by atoms with Crippen molar-refractivity contribution in [2.45, 2.75) is 26.1 Å². The van der Waals surface area contributed by atoms with Crippen LogP contribution in [0.15, 0.2) is 24.3 Å². The van der Waals surface area contributed by atoms with Crippen molar-refractivity contribution in [3.05, 3.63) is 35.4 Å². The Kier molecular flexibility index (Phi) is 5.23. The molecule has 0 heterocycles. The Morgan fingerprint density at radius 3 is 2.21 bits per heavy atom. The Balaban J connectivity index is 2.74. The van der Waals surface area contributed by atoms with Crippen LogP contribution in [0.25, 0.3) is 0 Å². The predicted molar refractivity (Wildman–Crippen MR) is 68.3 cm³/mol. The molecule has 106 valence electrons. The number of benzene rings is 1. The van der Waals surface area contributed by atoms with Gasteiger partial charge in [0.05, 0.1) is 5.56 Å². The van der Waals surface area contributed by atoms with Crippen LogP contribution in [-0.4, -0.2) is 17.8 Å². The summed E-state index contributed by atoms with van der Waals surface area (Å²) in [6.45, 7) is 3.68. The highest BCUT2D eigenvalue weighted by molar-refractivity contribution is 6.18. The monoisotopic (exact) mass is 293 g/mol. The van der Waals surface area contributed by atoms with Gasteiger partial charge in [0.1, 0.15) is 0 Å². The largest absolute Gasteiger partial charge is 0.416 e. The Hall–Kier alpha value is -1.23. The predicted octanol–water partition coefficient (Wildman–Crippen LogP) is 3.70. The van der Waals surface area contributed by atoms with Gasteiger partial charge in [-0.3, -0.25) is 4.79 Å². The van der Waals surface area contributed by atoms with E-state index in [0.717, 1.165) is 24.3 Å². The summed E-state index contributed by atoms with van der Waals surface area (Å²) < 4.78 is 37.1. The van der Waals surface area contributed by atoms with Crippen molar-refractivity contribution in [2.24, 2.45) is 5.92 Å². The average molecular weight is 294 g/mol. The summed E-state index contributed by atoms with van der Waals surface area (Å²) in [6.07, 6.45) is -4.39. The highest BCUT2D eigenvalue weighted by atomic mass is 35.5. The summed E-state index contributed by atoms with van der Waals surface area (Å²) in [5, 5.41) is 2.70. The Morgan fingerprint density at radius 2 is 1.79 bits per heavy atom. The molecule has 0 spiro atoms. The van der Waals surface area contributed by atoms with Gasteiger partial charge in [0.15, 0.2) is 0 Å². The van der Waals surface area contributed by atoms with Crippen molar-refractivity contribution in [3.8, 4) is 0 Å². The first-order valence-electron chi connectivity index (χ1n) is 5.79. The lowest BCUT2D eigenvalue weighted by molar-refractivity contribution is -0.137. The van der Waals surface area contributed by atoms with Gasteiger partial charge in [0.25, 0.3) is 5.91 Å². The average Bonchev–Trinajstić information content (AvgIpc) is 2.36. The molecule has 0 bridgehead atoms. The molecule has 0 aliphatic rings. The number of nitrogens with one attached hydrogen (secondary N) is 1. The fourth-order valence-corrected chi connectivity index (χ4v) is 1.64. The van der Waals surface area contributed by atoms with E-state index in [1.807, 2.05) is 6.92 Å². The summed E-state index contributed by atoms with van der Waals surface area (Å²) in [7, 11) is 0. The molecular weight excluding hydrogens is 279 g/mol. The molecule has 0 aliphatic heterocycles. The van der Waals surface area contributed by atoms with Gasteiger partial charge < -0.3 is 5.32 Å². The molecule has 0 aromatic heterocycles. The number of rotatable bonds is 4. The molecule has 2 nitrogen and oxygen atoms in total. The van der Waals surface area contributed by atoms with Crippen LogP contribution in [-0.2, 0) is 6.18 Å². The van der Waals surface area contributed by atoms with E-state index in [1.165, 1.54) is 0 Å². The van der Waals surface area contributed by atoms with Crippen LogP contribution in [0, 0.1) is 5.92 Å². The van der Waals surface area contributed by atoms with Gasteiger partial charge in [-0.15, -0.1) is 11.6 Å². The smallest absolute Gasteiger partial charge is 0.349 e. The molecule has 19 heavy (non-hydrogen) atoms. The van der Waals surface area contributed by atoms with Crippen LogP contribution in [0.4, 0.5) is 13.2 Å². The van der Waals surface area contributed by atoms with E-state index in [1.54, 1.807) is 6.92 Å². The van der Waals surface area contributed by atoms with E-state index < -0.39 is 17.6 Å². The third kappa shape index (κ3) is 4.42. The number of alkyl halides is 4. The maximum Gasteiger partial charge on any atom is 0.416 e. The van der Waals surface area contributed by atoms with Crippen LogP contribution in [0.1, 0.15) is 29.8 Å². The van der Waals surface area contributed by atoms with Crippen molar-refractivity contribution in [1.29, 1.82) is 0 Å². The van der Waals surface area contributed by atoms with E-state index in [4.69, 9.17) is 11.6 Å². The third-order valence-electron chi connectivity index (χ3n) is 2.93. The molecule has 0 saturated heterocycles. The first-order valence-corrected chi connectivity index (χ1v) is 6.33. The van der Waals surface area contributed by atoms with Crippen molar-refractivity contribution < 1.29 is 18.0 Å². The standard InChI is InChI=1S/C13H15ClF3NO/c1-8(7-14)9(2)18-12(19)10-3-5-11(6-4-10)13(15,16)17/h3-6,8-9H,7H2,1-2H3,(H,18,19). The van der Waals surface area contributed by atoms with E-state index in [-0.39, 0.29) is 17.5 Å².